The number of methoxy groups -OCH3 is 1. The first kappa shape index (κ1) is 24.9. The third-order valence-corrected chi connectivity index (χ3v) is 6.68. The van der Waals surface area contributed by atoms with E-state index in [1.54, 1.807) is 35.4 Å². The number of carbonyl (C=O) groups excluding carboxylic acids is 2. The Bertz CT molecular complexity index is 1240. The van der Waals surface area contributed by atoms with Gasteiger partial charge in [-0.1, -0.05) is 11.6 Å². The van der Waals surface area contributed by atoms with E-state index < -0.39 is 11.6 Å². The monoisotopic (exact) mass is 517 g/mol. The van der Waals surface area contributed by atoms with Gasteiger partial charge in [0.25, 0.3) is 5.91 Å². The summed E-state index contributed by atoms with van der Waals surface area (Å²) in [5, 5.41) is 10.9. The van der Waals surface area contributed by atoms with Crippen LogP contribution in [-0.4, -0.2) is 54.4 Å². The van der Waals surface area contributed by atoms with Gasteiger partial charge < -0.3 is 30.0 Å². The summed E-state index contributed by atoms with van der Waals surface area (Å²) in [4.78, 5) is 31.9. The summed E-state index contributed by atoms with van der Waals surface area (Å²) in [6.45, 7) is 1.21. The number of anilines is 1. The molecular formula is C24H24ClN3O6S. The summed E-state index contributed by atoms with van der Waals surface area (Å²) in [6.07, 6.45) is 1.58. The predicted molar refractivity (Wildman–Crippen MR) is 132 cm³/mol. The van der Waals surface area contributed by atoms with E-state index in [4.69, 9.17) is 31.5 Å². The zero-order valence-corrected chi connectivity index (χ0v) is 20.7. The van der Waals surface area contributed by atoms with Crippen LogP contribution in [0.5, 0.6) is 11.5 Å². The van der Waals surface area contributed by atoms with Crippen LogP contribution < -0.4 is 20.1 Å². The third-order valence-electron chi connectivity index (χ3n) is 5.26. The number of rotatable bonds is 9. The third kappa shape index (κ3) is 5.57. The number of amides is 1. The quantitative estimate of drug-likeness (QED) is 0.414. The first-order chi connectivity index (χ1) is 16.7. The van der Waals surface area contributed by atoms with E-state index in [-0.39, 0.29) is 25.7 Å². The molecule has 11 heteroatoms. The van der Waals surface area contributed by atoms with Crippen molar-refractivity contribution < 1.29 is 28.9 Å². The second kappa shape index (κ2) is 10.2. The summed E-state index contributed by atoms with van der Waals surface area (Å²) in [5.41, 5.74) is 6.12. The molecule has 0 saturated carbocycles. The molecule has 1 atom stereocenters. The van der Waals surface area contributed by atoms with Gasteiger partial charge in [0.05, 0.1) is 40.7 Å². The van der Waals surface area contributed by atoms with Crippen LogP contribution in [0.1, 0.15) is 22.2 Å². The number of nitrogens with two attached hydrogens (primary N) is 1. The van der Waals surface area contributed by atoms with Gasteiger partial charge in [-0.25, -0.2) is 0 Å². The molecule has 1 aliphatic rings. The zero-order chi connectivity index (χ0) is 25.2. The number of nitrogens with zero attached hydrogens (tertiary/aromatic N) is 2. The highest BCUT2D eigenvalue weighted by molar-refractivity contribution is 7.17. The molecule has 1 aliphatic heterocycles. The van der Waals surface area contributed by atoms with Crippen molar-refractivity contribution in [1.82, 2.24) is 4.98 Å². The Hall–Kier alpha value is -3.18. The van der Waals surface area contributed by atoms with Gasteiger partial charge in [0.15, 0.2) is 11.5 Å². The van der Waals surface area contributed by atoms with Crippen LogP contribution >= 0.6 is 22.9 Å². The van der Waals surface area contributed by atoms with E-state index in [1.165, 1.54) is 25.4 Å². The van der Waals surface area contributed by atoms with Gasteiger partial charge >= 0.3 is 5.97 Å². The van der Waals surface area contributed by atoms with Crippen molar-refractivity contribution in [2.45, 2.75) is 19.1 Å². The first-order valence-electron chi connectivity index (χ1n) is 10.7. The van der Waals surface area contributed by atoms with Gasteiger partial charge in [-0.15, -0.1) is 11.3 Å². The maximum atomic E-state index is 13.1. The van der Waals surface area contributed by atoms with E-state index in [0.717, 1.165) is 16.1 Å². The van der Waals surface area contributed by atoms with Gasteiger partial charge in [0.2, 0.25) is 0 Å². The van der Waals surface area contributed by atoms with Gasteiger partial charge in [-0.05, 0) is 42.8 Å². The molecule has 1 unspecified atom stereocenters. The number of hydrogen-bond acceptors (Lipinski definition) is 9. The van der Waals surface area contributed by atoms with Crippen molar-refractivity contribution in [3.8, 4) is 22.1 Å². The number of aromatic nitrogens is 1. The number of thiophene rings is 1. The highest BCUT2D eigenvalue weighted by atomic mass is 35.5. The van der Waals surface area contributed by atoms with E-state index in [9.17, 15) is 14.7 Å². The van der Waals surface area contributed by atoms with Gasteiger partial charge in [0, 0.05) is 18.0 Å². The number of carbonyl (C=O) groups is 2. The SMILES string of the molecule is COc1cc(N2Cc3cc(-c4ccc(Cl)cn4)sc3C2=O)ccc1OCC(C)(O)COC(=O)CN. The van der Waals surface area contributed by atoms with Crippen LogP contribution in [0.4, 0.5) is 5.69 Å². The van der Waals surface area contributed by atoms with Crippen LogP contribution in [0.2, 0.25) is 5.02 Å². The number of pyridine rings is 1. The van der Waals surface area contributed by atoms with Crippen LogP contribution in [-0.2, 0) is 16.1 Å². The second-order valence-electron chi connectivity index (χ2n) is 8.20. The van der Waals surface area contributed by atoms with E-state index in [1.807, 2.05) is 12.1 Å². The van der Waals surface area contributed by atoms with Crippen molar-refractivity contribution in [1.29, 1.82) is 0 Å². The van der Waals surface area contributed by atoms with Crippen molar-refractivity contribution in [3.63, 3.8) is 0 Å². The Morgan fingerprint density at radius 2 is 2.06 bits per heavy atom. The van der Waals surface area contributed by atoms with E-state index in [0.29, 0.717) is 33.6 Å². The molecule has 1 amide bonds. The Labute approximate surface area is 211 Å². The minimum absolute atomic E-state index is 0.106. The number of halogens is 1. The Morgan fingerprint density at radius 1 is 1.26 bits per heavy atom. The van der Waals surface area contributed by atoms with Crippen molar-refractivity contribution in [2.75, 3.05) is 31.8 Å². The molecule has 35 heavy (non-hydrogen) atoms. The van der Waals surface area contributed by atoms with Crippen LogP contribution in [0, 0.1) is 0 Å². The minimum atomic E-state index is -1.43. The molecule has 0 spiro atoms. The van der Waals surface area contributed by atoms with Crippen LogP contribution in [0.3, 0.4) is 0 Å². The van der Waals surface area contributed by atoms with Crippen LogP contribution in [0.25, 0.3) is 10.6 Å². The number of fused-ring (bicyclic) bond motifs is 1. The smallest absolute Gasteiger partial charge is 0.319 e. The fourth-order valence-electron chi connectivity index (χ4n) is 3.46. The lowest BCUT2D eigenvalue weighted by molar-refractivity contribution is -0.150. The number of esters is 1. The molecule has 0 fully saturated rings. The first-order valence-corrected chi connectivity index (χ1v) is 11.9. The molecule has 4 rings (SSSR count). The average molecular weight is 518 g/mol. The molecule has 3 heterocycles. The van der Waals surface area contributed by atoms with Crippen molar-refractivity contribution >= 4 is 40.5 Å². The van der Waals surface area contributed by atoms with Gasteiger partial charge in [0.1, 0.15) is 18.8 Å². The second-order valence-corrected chi connectivity index (χ2v) is 9.69. The Morgan fingerprint density at radius 3 is 2.71 bits per heavy atom. The summed E-state index contributed by atoms with van der Waals surface area (Å²) < 4.78 is 16.0. The van der Waals surface area contributed by atoms with E-state index >= 15 is 0 Å². The molecule has 9 nitrogen and oxygen atoms in total. The lowest BCUT2D eigenvalue weighted by atomic mass is 10.1. The summed E-state index contributed by atoms with van der Waals surface area (Å²) in [7, 11) is 1.49. The Balaban J connectivity index is 1.45. The highest BCUT2D eigenvalue weighted by Crippen LogP contribution is 2.40. The highest BCUT2D eigenvalue weighted by Gasteiger charge is 2.32. The van der Waals surface area contributed by atoms with Gasteiger partial charge in [-0.2, -0.15) is 0 Å². The number of hydrogen-bond donors (Lipinski definition) is 2. The standard InChI is InChI=1S/C24H24ClN3O6S/c1-24(31,13-34-21(29)9-26)12-33-18-6-4-16(8-19(18)32-2)28-11-14-7-20(35-22(14)23(28)30)17-5-3-15(25)10-27-17/h3-8,10,31H,9,11-13,26H2,1-2H3. The minimum Gasteiger partial charge on any atom is -0.493 e. The number of benzene rings is 1. The molecule has 1 aromatic carbocycles. The fourth-order valence-corrected chi connectivity index (χ4v) is 4.67. The van der Waals surface area contributed by atoms with Crippen molar-refractivity contribution in [2.24, 2.45) is 5.73 Å². The van der Waals surface area contributed by atoms with Crippen molar-refractivity contribution in [3.05, 3.63) is 58.1 Å². The van der Waals surface area contributed by atoms with Gasteiger partial charge in [-0.3, -0.25) is 14.6 Å². The average Bonchev–Trinajstić information content (AvgIpc) is 3.41. The predicted octanol–water partition coefficient (Wildman–Crippen LogP) is 3.26. The Kier molecular flexibility index (Phi) is 7.27. The summed E-state index contributed by atoms with van der Waals surface area (Å²) in [5.74, 6) is 0.0451. The molecule has 0 bridgehead atoms. The fraction of sp³-hybridized carbons (Fsp3) is 0.292. The topological polar surface area (TPSA) is 124 Å². The molecule has 184 valence electrons. The van der Waals surface area contributed by atoms with E-state index in [2.05, 4.69) is 4.98 Å². The molecule has 0 aliphatic carbocycles. The number of ether oxygens (including phenoxy) is 3. The summed E-state index contributed by atoms with van der Waals surface area (Å²) >= 11 is 7.31. The summed E-state index contributed by atoms with van der Waals surface area (Å²) in [6, 6.07) is 10.7. The lowest BCUT2D eigenvalue weighted by Gasteiger charge is -2.24. The maximum Gasteiger partial charge on any atom is 0.319 e. The molecule has 0 radical (unpaired) electrons. The number of aliphatic hydroxyl groups is 1. The maximum absolute atomic E-state index is 13.1. The largest absolute Gasteiger partial charge is 0.493 e. The molecule has 2 aromatic heterocycles. The molecule has 0 saturated heterocycles. The molecular weight excluding hydrogens is 494 g/mol. The normalized spacial score (nSPS) is 14.4. The lowest BCUT2D eigenvalue weighted by Crippen LogP contribution is -2.39. The molecule has 3 aromatic rings. The van der Waals surface area contributed by atoms with Crippen LogP contribution in [0.15, 0.2) is 42.6 Å². The zero-order valence-electron chi connectivity index (χ0n) is 19.1. The molecule has 3 N–H and O–H groups in total.